The molecule has 0 aliphatic carbocycles. The van der Waals surface area contributed by atoms with Gasteiger partial charge in [0, 0.05) is 11.1 Å². The molecule has 6 nitrogen and oxygen atoms in total. The Morgan fingerprint density at radius 3 is 2.80 bits per heavy atom. The molecule has 0 saturated heterocycles. The standard InChI is InChI=1S/C8H10N2O4S/c1-4(7(12)13)6(11)9-2-5-3-15-8(14)10-5/h3-4H,2H2,1H3,(H,9,11)(H,10,14)(H,12,13). The largest absolute Gasteiger partial charge is 0.481 e. The first kappa shape index (κ1) is 11.4. The average molecular weight is 230 g/mol. The maximum Gasteiger partial charge on any atom is 0.315 e. The fourth-order valence-electron chi connectivity index (χ4n) is 0.848. The van der Waals surface area contributed by atoms with E-state index >= 15 is 0 Å². The molecule has 0 saturated carbocycles. The summed E-state index contributed by atoms with van der Waals surface area (Å²) in [7, 11) is 0. The van der Waals surface area contributed by atoms with Crippen LogP contribution in [0.4, 0.5) is 0 Å². The Bertz CT molecular complexity index is 422. The van der Waals surface area contributed by atoms with Crippen LogP contribution in [0, 0.1) is 5.92 Å². The number of nitrogens with one attached hydrogen (secondary N) is 2. The number of aliphatic carboxylic acids is 1. The second-order valence-corrected chi connectivity index (χ2v) is 3.79. The fourth-order valence-corrected chi connectivity index (χ4v) is 1.43. The maximum atomic E-state index is 11.2. The lowest BCUT2D eigenvalue weighted by Crippen LogP contribution is -2.33. The summed E-state index contributed by atoms with van der Waals surface area (Å²) < 4.78 is 0. The van der Waals surface area contributed by atoms with Crippen molar-refractivity contribution in [3.63, 3.8) is 0 Å². The second-order valence-electron chi connectivity index (χ2n) is 2.95. The number of carboxylic acid groups (broad SMARTS) is 1. The zero-order valence-electron chi connectivity index (χ0n) is 7.94. The number of thiazole rings is 1. The third-order valence-corrected chi connectivity index (χ3v) is 2.51. The van der Waals surface area contributed by atoms with Gasteiger partial charge < -0.3 is 15.4 Å². The van der Waals surface area contributed by atoms with Gasteiger partial charge in [-0.05, 0) is 6.92 Å². The fraction of sp³-hybridized carbons (Fsp3) is 0.375. The highest BCUT2D eigenvalue weighted by Crippen LogP contribution is 1.98. The molecule has 0 aliphatic heterocycles. The molecule has 82 valence electrons. The highest BCUT2D eigenvalue weighted by Gasteiger charge is 2.19. The Hall–Kier alpha value is -1.63. The van der Waals surface area contributed by atoms with Crippen molar-refractivity contribution in [1.82, 2.24) is 10.3 Å². The number of aromatic nitrogens is 1. The van der Waals surface area contributed by atoms with Crippen LogP contribution in [0.3, 0.4) is 0 Å². The number of amides is 1. The van der Waals surface area contributed by atoms with Gasteiger partial charge >= 0.3 is 10.8 Å². The van der Waals surface area contributed by atoms with Crippen LogP contribution in [-0.2, 0) is 16.1 Å². The summed E-state index contributed by atoms with van der Waals surface area (Å²) in [5.74, 6) is -2.84. The zero-order valence-corrected chi connectivity index (χ0v) is 8.76. The van der Waals surface area contributed by atoms with Crippen molar-refractivity contribution >= 4 is 23.2 Å². The third kappa shape index (κ3) is 3.21. The van der Waals surface area contributed by atoms with E-state index in [0.717, 1.165) is 11.3 Å². The zero-order chi connectivity index (χ0) is 11.4. The minimum atomic E-state index is -1.17. The van der Waals surface area contributed by atoms with Crippen LogP contribution in [0.5, 0.6) is 0 Å². The normalized spacial score (nSPS) is 12.1. The van der Waals surface area contributed by atoms with Crippen LogP contribution < -0.4 is 10.2 Å². The van der Waals surface area contributed by atoms with E-state index in [0.29, 0.717) is 5.69 Å². The molecule has 1 amide bonds. The molecule has 1 unspecified atom stereocenters. The van der Waals surface area contributed by atoms with E-state index in [-0.39, 0.29) is 11.4 Å². The molecule has 15 heavy (non-hydrogen) atoms. The topological polar surface area (TPSA) is 99.3 Å². The Kier molecular flexibility index (Phi) is 3.62. The summed E-state index contributed by atoms with van der Waals surface area (Å²) in [6.45, 7) is 1.43. The minimum absolute atomic E-state index is 0.134. The number of hydrogen-bond donors (Lipinski definition) is 3. The number of hydrogen-bond acceptors (Lipinski definition) is 4. The highest BCUT2D eigenvalue weighted by molar-refractivity contribution is 7.07. The van der Waals surface area contributed by atoms with Gasteiger partial charge in [0.15, 0.2) is 0 Å². The van der Waals surface area contributed by atoms with Gasteiger partial charge in [0.25, 0.3) is 0 Å². The van der Waals surface area contributed by atoms with Crippen molar-refractivity contribution < 1.29 is 14.7 Å². The van der Waals surface area contributed by atoms with Crippen LogP contribution >= 0.6 is 11.3 Å². The van der Waals surface area contributed by atoms with Gasteiger partial charge in [-0.15, -0.1) is 0 Å². The van der Waals surface area contributed by atoms with Gasteiger partial charge in [-0.3, -0.25) is 14.4 Å². The molecule has 1 heterocycles. The van der Waals surface area contributed by atoms with Gasteiger partial charge in [-0.2, -0.15) is 0 Å². The Morgan fingerprint density at radius 1 is 1.67 bits per heavy atom. The predicted molar refractivity (Wildman–Crippen MR) is 53.6 cm³/mol. The minimum Gasteiger partial charge on any atom is -0.481 e. The number of H-pyrrole nitrogens is 1. The molecule has 1 aromatic heterocycles. The first-order chi connectivity index (χ1) is 7.00. The van der Waals surface area contributed by atoms with Gasteiger partial charge in [0.2, 0.25) is 5.91 Å². The van der Waals surface area contributed by atoms with Crippen LogP contribution in [0.1, 0.15) is 12.6 Å². The summed E-state index contributed by atoms with van der Waals surface area (Å²) in [4.78, 5) is 34.7. The average Bonchev–Trinajstić information content (AvgIpc) is 2.59. The number of carbonyl (C=O) groups is 2. The number of rotatable bonds is 4. The lowest BCUT2D eigenvalue weighted by atomic mass is 10.2. The lowest BCUT2D eigenvalue weighted by Gasteiger charge is -2.06. The molecule has 0 fully saturated rings. The molecule has 1 atom stereocenters. The summed E-state index contributed by atoms with van der Waals surface area (Å²) in [5.41, 5.74) is 0.566. The Labute approximate surface area is 88.9 Å². The van der Waals surface area contributed by atoms with E-state index in [2.05, 4.69) is 10.3 Å². The molecular weight excluding hydrogens is 220 g/mol. The summed E-state index contributed by atoms with van der Waals surface area (Å²) >= 11 is 0.992. The van der Waals surface area contributed by atoms with Crippen molar-refractivity contribution in [2.75, 3.05) is 0 Å². The van der Waals surface area contributed by atoms with E-state index in [9.17, 15) is 14.4 Å². The molecular formula is C8H10N2O4S. The van der Waals surface area contributed by atoms with Crippen LogP contribution in [0.2, 0.25) is 0 Å². The van der Waals surface area contributed by atoms with E-state index in [1.54, 1.807) is 5.38 Å². The molecule has 0 radical (unpaired) electrons. The van der Waals surface area contributed by atoms with Crippen LogP contribution in [-0.4, -0.2) is 22.0 Å². The Balaban J connectivity index is 2.47. The Morgan fingerprint density at radius 2 is 2.33 bits per heavy atom. The summed E-state index contributed by atoms with van der Waals surface area (Å²) in [6.07, 6.45) is 0. The van der Waals surface area contributed by atoms with E-state index in [1.165, 1.54) is 6.92 Å². The first-order valence-electron chi connectivity index (χ1n) is 4.18. The van der Waals surface area contributed by atoms with Crippen molar-refractivity contribution in [3.05, 3.63) is 20.7 Å². The quantitative estimate of drug-likeness (QED) is 0.622. The molecule has 0 bridgehead atoms. The maximum absolute atomic E-state index is 11.2. The van der Waals surface area contributed by atoms with Crippen molar-refractivity contribution in [2.24, 2.45) is 5.92 Å². The van der Waals surface area contributed by atoms with E-state index < -0.39 is 17.8 Å². The van der Waals surface area contributed by atoms with Crippen molar-refractivity contribution in [3.8, 4) is 0 Å². The SMILES string of the molecule is CC(C(=O)O)C(=O)NCc1csc(=O)[nH]1. The molecule has 0 aliphatic rings. The third-order valence-electron chi connectivity index (χ3n) is 1.79. The van der Waals surface area contributed by atoms with Gasteiger partial charge in [0.1, 0.15) is 5.92 Å². The lowest BCUT2D eigenvalue weighted by molar-refractivity contribution is -0.146. The van der Waals surface area contributed by atoms with Crippen LogP contribution in [0.25, 0.3) is 0 Å². The van der Waals surface area contributed by atoms with Gasteiger partial charge in [-0.1, -0.05) is 11.3 Å². The van der Waals surface area contributed by atoms with Gasteiger partial charge in [-0.25, -0.2) is 0 Å². The molecule has 7 heteroatoms. The molecule has 1 rings (SSSR count). The molecule has 0 spiro atoms. The smallest absolute Gasteiger partial charge is 0.315 e. The summed E-state index contributed by atoms with van der Waals surface area (Å²) in [6, 6.07) is 0. The molecule has 1 aromatic rings. The van der Waals surface area contributed by atoms with E-state index in [4.69, 9.17) is 5.11 Å². The summed E-state index contributed by atoms with van der Waals surface area (Å²) in [5, 5.41) is 12.5. The van der Waals surface area contributed by atoms with Crippen molar-refractivity contribution in [1.29, 1.82) is 0 Å². The molecule has 0 aromatic carbocycles. The van der Waals surface area contributed by atoms with E-state index in [1.807, 2.05) is 0 Å². The number of aromatic amines is 1. The number of carboxylic acids is 1. The molecule has 3 N–H and O–H groups in total. The monoisotopic (exact) mass is 230 g/mol. The highest BCUT2D eigenvalue weighted by atomic mass is 32.1. The second kappa shape index (κ2) is 4.74. The predicted octanol–water partition coefficient (Wildman–Crippen LogP) is -0.227. The first-order valence-corrected chi connectivity index (χ1v) is 5.06. The number of carbonyl (C=O) groups excluding carboxylic acids is 1. The van der Waals surface area contributed by atoms with Crippen LogP contribution in [0.15, 0.2) is 10.2 Å². The van der Waals surface area contributed by atoms with Gasteiger partial charge in [0.05, 0.1) is 6.54 Å². The van der Waals surface area contributed by atoms with Crippen molar-refractivity contribution in [2.45, 2.75) is 13.5 Å².